The summed E-state index contributed by atoms with van der Waals surface area (Å²) in [5.74, 6) is 0.232. The van der Waals surface area contributed by atoms with Gasteiger partial charge < -0.3 is 14.8 Å². The van der Waals surface area contributed by atoms with Crippen LogP contribution in [-0.2, 0) is 16.1 Å². The molecule has 2 heterocycles. The summed E-state index contributed by atoms with van der Waals surface area (Å²) in [5, 5.41) is 6.12. The van der Waals surface area contributed by atoms with E-state index in [-0.39, 0.29) is 24.2 Å². The normalized spacial score (nSPS) is 16.4. The minimum absolute atomic E-state index is 0.0260. The summed E-state index contributed by atoms with van der Waals surface area (Å²) in [5.41, 5.74) is 1.07. The lowest BCUT2D eigenvalue weighted by Crippen LogP contribution is -2.20. The van der Waals surface area contributed by atoms with Gasteiger partial charge in [0.1, 0.15) is 5.75 Å². The first-order valence-electron chi connectivity index (χ1n) is 8.39. The Morgan fingerprint density at radius 1 is 1.42 bits per heavy atom. The van der Waals surface area contributed by atoms with Crippen molar-refractivity contribution in [2.24, 2.45) is 5.92 Å². The number of nitrogens with zero attached hydrogens (tertiary/aromatic N) is 1. The summed E-state index contributed by atoms with van der Waals surface area (Å²) in [7, 11) is 1.87. The molecule has 1 saturated heterocycles. The van der Waals surface area contributed by atoms with Gasteiger partial charge in [0.05, 0.1) is 17.7 Å². The van der Waals surface area contributed by atoms with Crippen molar-refractivity contribution in [3.63, 3.8) is 0 Å². The quantitative estimate of drug-likeness (QED) is 0.687. The number of benzene rings is 1. The Kier molecular flexibility index (Phi) is 6.32. The van der Waals surface area contributed by atoms with Crippen LogP contribution in [0.3, 0.4) is 0 Å². The SMILES string of the molecule is CNCc1cccc(OCC(=O)Nc2ncc(C(=O)C3CCOC3)s2)c1. The van der Waals surface area contributed by atoms with E-state index in [1.165, 1.54) is 17.5 Å². The van der Waals surface area contributed by atoms with Gasteiger partial charge in [0.2, 0.25) is 0 Å². The Balaban J connectivity index is 1.50. The van der Waals surface area contributed by atoms with Crippen molar-refractivity contribution in [1.82, 2.24) is 10.3 Å². The lowest BCUT2D eigenvalue weighted by Gasteiger charge is -2.07. The van der Waals surface area contributed by atoms with Crippen LogP contribution in [0.5, 0.6) is 5.75 Å². The van der Waals surface area contributed by atoms with Gasteiger partial charge in [-0.25, -0.2) is 4.98 Å². The first-order valence-corrected chi connectivity index (χ1v) is 9.21. The molecule has 0 saturated carbocycles. The molecule has 0 radical (unpaired) electrons. The van der Waals surface area contributed by atoms with Crippen molar-refractivity contribution in [1.29, 1.82) is 0 Å². The third-order valence-electron chi connectivity index (χ3n) is 3.94. The second-order valence-corrected chi connectivity index (χ2v) is 7.00. The Morgan fingerprint density at radius 2 is 2.31 bits per heavy atom. The first kappa shape index (κ1) is 18.5. The number of ketones is 1. The number of anilines is 1. The number of hydrogen-bond acceptors (Lipinski definition) is 7. The van der Waals surface area contributed by atoms with Crippen molar-refractivity contribution < 1.29 is 19.1 Å². The molecule has 1 aliphatic rings. The molecule has 0 bridgehead atoms. The maximum absolute atomic E-state index is 12.3. The number of nitrogens with one attached hydrogen (secondary N) is 2. The predicted octanol–water partition coefficient (Wildman–Crippen LogP) is 2.10. The molecule has 26 heavy (non-hydrogen) atoms. The van der Waals surface area contributed by atoms with Gasteiger partial charge in [-0.2, -0.15) is 0 Å². The van der Waals surface area contributed by atoms with Gasteiger partial charge in [0, 0.05) is 19.1 Å². The molecule has 0 aliphatic carbocycles. The minimum Gasteiger partial charge on any atom is -0.484 e. The van der Waals surface area contributed by atoms with Crippen molar-refractivity contribution in [2.45, 2.75) is 13.0 Å². The molecule has 2 N–H and O–H groups in total. The second kappa shape index (κ2) is 8.88. The molecule has 2 aromatic rings. The predicted molar refractivity (Wildman–Crippen MR) is 98.7 cm³/mol. The Morgan fingerprint density at radius 3 is 3.08 bits per heavy atom. The molecule has 1 amide bonds. The molecule has 0 spiro atoms. The van der Waals surface area contributed by atoms with Crippen LogP contribution in [0.15, 0.2) is 30.5 Å². The number of Topliss-reactive ketones (excluding diaryl/α,β-unsaturated/α-hetero) is 1. The molecule has 1 aromatic carbocycles. The molecule has 3 rings (SSSR count). The van der Waals surface area contributed by atoms with Gasteiger partial charge in [-0.1, -0.05) is 23.5 Å². The molecular formula is C18H21N3O4S. The fourth-order valence-electron chi connectivity index (χ4n) is 2.64. The van der Waals surface area contributed by atoms with E-state index < -0.39 is 0 Å². The number of amides is 1. The smallest absolute Gasteiger partial charge is 0.264 e. The van der Waals surface area contributed by atoms with E-state index in [2.05, 4.69) is 15.6 Å². The van der Waals surface area contributed by atoms with Gasteiger partial charge in [-0.3, -0.25) is 14.9 Å². The van der Waals surface area contributed by atoms with Gasteiger partial charge >= 0.3 is 0 Å². The van der Waals surface area contributed by atoms with Crippen molar-refractivity contribution in [3.05, 3.63) is 40.9 Å². The molecule has 1 unspecified atom stereocenters. The molecular weight excluding hydrogens is 354 g/mol. The lowest BCUT2D eigenvalue weighted by molar-refractivity contribution is -0.118. The number of carbonyl (C=O) groups excluding carboxylic acids is 2. The van der Waals surface area contributed by atoms with Crippen LogP contribution in [0.25, 0.3) is 0 Å². The number of ether oxygens (including phenoxy) is 2. The van der Waals surface area contributed by atoms with Crippen LogP contribution in [0.2, 0.25) is 0 Å². The molecule has 1 aliphatic heterocycles. The van der Waals surface area contributed by atoms with Crippen LogP contribution >= 0.6 is 11.3 Å². The molecule has 1 fully saturated rings. The Bertz CT molecular complexity index is 771. The van der Waals surface area contributed by atoms with Gasteiger partial charge in [-0.15, -0.1) is 0 Å². The fraction of sp³-hybridized carbons (Fsp3) is 0.389. The summed E-state index contributed by atoms with van der Waals surface area (Å²) < 4.78 is 10.8. The lowest BCUT2D eigenvalue weighted by atomic mass is 10.0. The largest absolute Gasteiger partial charge is 0.484 e. The van der Waals surface area contributed by atoms with E-state index in [0.29, 0.717) is 29.0 Å². The average molecular weight is 375 g/mol. The van der Waals surface area contributed by atoms with Crippen LogP contribution in [0, 0.1) is 5.92 Å². The van der Waals surface area contributed by atoms with Gasteiger partial charge in [0.25, 0.3) is 5.91 Å². The standard InChI is InChI=1S/C18H21N3O4S/c1-19-8-12-3-2-4-14(7-12)25-11-16(22)21-18-20-9-15(26-18)17(23)13-5-6-24-10-13/h2-4,7,9,13,19H,5-6,8,10-11H2,1H3,(H,20,21,22). The summed E-state index contributed by atoms with van der Waals surface area (Å²) in [6.45, 7) is 1.68. The number of aromatic nitrogens is 1. The number of rotatable bonds is 8. The summed E-state index contributed by atoms with van der Waals surface area (Å²) in [6.07, 6.45) is 2.24. The first-order chi connectivity index (χ1) is 12.7. The van der Waals surface area contributed by atoms with E-state index in [9.17, 15) is 9.59 Å². The Labute approximate surface area is 155 Å². The maximum Gasteiger partial charge on any atom is 0.264 e. The summed E-state index contributed by atoms with van der Waals surface area (Å²) in [6, 6.07) is 7.54. The topological polar surface area (TPSA) is 89.5 Å². The van der Waals surface area contributed by atoms with Crippen molar-refractivity contribution in [2.75, 3.05) is 32.2 Å². The highest BCUT2D eigenvalue weighted by atomic mass is 32.1. The van der Waals surface area contributed by atoms with E-state index in [0.717, 1.165) is 18.5 Å². The van der Waals surface area contributed by atoms with Crippen molar-refractivity contribution in [3.8, 4) is 5.75 Å². The maximum atomic E-state index is 12.3. The third kappa shape index (κ3) is 4.87. The van der Waals surface area contributed by atoms with Crippen LogP contribution in [-0.4, -0.2) is 43.5 Å². The summed E-state index contributed by atoms with van der Waals surface area (Å²) >= 11 is 1.17. The molecule has 1 atom stereocenters. The zero-order valence-electron chi connectivity index (χ0n) is 14.5. The summed E-state index contributed by atoms with van der Waals surface area (Å²) in [4.78, 5) is 29.0. The highest BCUT2D eigenvalue weighted by Gasteiger charge is 2.26. The van der Waals surface area contributed by atoms with E-state index in [4.69, 9.17) is 9.47 Å². The van der Waals surface area contributed by atoms with E-state index in [1.54, 1.807) is 6.07 Å². The second-order valence-electron chi connectivity index (χ2n) is 5.97. The Hall–Kier alpha value is -2.29. The van der Waals surface area contributed by atoms with E-state index in [1.807, 2.05) is 25.2 Å². The van der Waals surface area contributed by atoms with Crippen LogP contribution in [0.1, 0.15) is 21.7 Å². The van der Waals surface area contributed by atoms with Crippen LogP contribution in [0.4, 0.5) is 5.13 Å². The monoisotopic (exact) mass is 375 g/mol. The minimum atomic E-state index is -0.318. The highest BCUT2D eigenvalue weighted by Crippen LogP contribution is 2.24. The van der Waals surface area contributed by atoms with E-state index >= 15 is 0 Å². The third-order valence-corrected chi connectivity index (χ3v) is 4.87. The number of hydrogen-bond donors (Lipinski definition) is 2. The number of carbonyl (C=O) groups is 2. The zero-order chi connectivity index (χ0) is 18.4. The highest BCUT2D eigenvalue weighted by molar-refractivity contribution is 7.17. The fourth-order valence-corrected chi connectivity index (χ4v) is 3.49. The van der Waals surface area contributed by atoms with Gasteiger partial charge in [-0.05, 0) is 31.2 Å². The van der Waals surface area contributed by atoms with Crippen molar-refractivity contribution >= 4 is 28.2 Å². The molecule has 8 heteroatoms. The molecule has 138 valence electrons. The van der Waals surface area contributed by atoms with Gasteiger partial charge in [0.15, 0.2) is 17.5 Å². The molecule has 7 nitrogen and oxygen atoms in total. The molecule has 1 aromatic heterocycles. The number of thiazole rings is 1. The zero-order valence-corrected chi connectivity index (χ0v) is 15.3. The average Bonchev–Trinajstić information content (AvgIpc) is 3.32. The van der Waals surface area contributed by atoms with Crippen LogP contribution < -0.4 is 15.4 Å².